The van der Waals surface area contributed by atoms with E-state index in [1.165, 1.54) is 9.87 Å². The number of ether oxygens (including phenoxy) is 2. The number of benzene rings is 2. The summed E-state index contributed by atoms with van der Waals surface area (Å²) >= 11 is 0. The van der Waals surface area contributed by atoms with Crippen molar-refractivity contribution in [2.45, 2.75) is 17.9 Å². The summed E-state index contributed by atoms with van der Waals surface area (Å²) in [6, 6.07) is 14.5. The summed E-state index contributed by atoms with van der Waals surface area (Å²) < 4.78 is 37.6. The highest BCUT2D eigenvalue weighted by Gasteiger charge is 2.28. The number of rotatable bonds is 6. The average molecular weight is 347 g/mol. The summed E-state index contributed by atoms with van der Waals surface area (Å²) in [6.45, 7) is 1.86. The molecule has 3 rings (SSSR count). The fourth-order valence-corrected chi connectivity index (χ4v) is 4.19. The molecule has 0 bridgehead atoms. The largest absolute Gasteiger partial charge is 0.491 e. The predicted molar refractivity (Wildman–Crippen MR) is 91.6 cm³/mol. The Morgan fingerprint density at radius 1 is 1.00 bits per heavy atom. The van der Waals surface area contributed by atoms with E-state index in [-0.39, 0.29) is 0 Å². The van der Waals surface area contributed by atoms with Gasteiger partial charge in [0.15, 0.2) is 0 Å². The fraction of sp³-hybridized carbons (Fsp3) is 0.333. The van der Waals surface area contributed by atoms with Crippen molar-refractivity contribution in [1.82, 2.24) is 4.31 Å². The van der Waals surface area contributed by atoms with Crippen molar-refractivity contribution in [2.24, 2.45) is 0 Å². The van der Waals surface area contributed by atoms with Crippen LogP contribution in [0.3, 0.4) is 0 Å². The third kappa shape index (κ3) is 3.61. The maximum atomic E-state index is 12.8. The SMILES string of the molecule is COCCOc1ccc(S(=O)(=O)N2CCc3ccccc3C2)cc1. The second-order valence-electron chi connectivity index (χ2n) is 5.67. The lowest BCUT2D eigenvalue weighted by Crippen LogP contribution is -2.35. The minimum Gasteiger partial charge on any atom is -0.491 e. The minimum absolute atomic E-state index is 0.293. The second-order valence-corrected chi connectivity index (χ2v) is 7.61. The molecule has 0 saturated heterocycles. The van der Waals surface area contributed by atoms with E-state index in [0.717, 1.165) is 12.0 Å². The molecule has 1 aliphatic heterocycles. The first kappa shape index (κ1) is 17.0. The van der Waals surface area contributed by atoms with Gasteiger partial charge in [-0.3, -0.25) is 0 Å². The zero-order valence-electron chi connectivity index (χ0n) is 13.6. The summed E-state index contributed by atoms with van der Waals surface area (Å²) in [5, 5.41) is 0. The van der Waals surface area contributed by atoms with Gasteiger partial charge >= 0.3 is 0 Å². The Kier molecular flexibility index (Phi) is 5.18. The molecule has 2 aromatic rings. The van der Waals surface area contributed by atoms with Crippen LogP contribution in [0.5, 0.6) is 5.75 Å². The number of fused-ring (bicyclic) bond motifs is 1. The second kappa shape index (κ2) is 7.34. The molecule has 0 saturated carbocycles. The summed E-state index contributed by atoms with van der Waals surface area (Å²) in [7, 11) is -1.89. The first-order valence-electron chi connectivity index (χ1n) is 7.90. The average Bonchev–Trinajstić information content (AvgIpc) is 2.62. The van der Waals surface area contributed by atoms with E-state index in [1.807, 2.05) is 18.2 Å². The lowest BCUT2D eigenvalue weighted by Gasteiger charge is -2.28. The van der Waals surface area contributed by atoms with Crippen LogP contribution in [-0.4, -0.2) is 39.6 Å². The van der Waals surface area contributed by atoms with Crippen molar-refractivity contribution in [3.63, 3.8) is 0 Å². The molecule has 2 aromatic carbocycles. The minimum atomic E-state index is -3.49. The quantitative estimate of drug-likeness (QED) is 0.753. The van der Waals surface area contributed by atoms with Crippen LogP contribution in [0.15, 0.2) is 53.4 Å². The van der Waals surface area contributed by atoms with Gasteiger partial charge < -0.3 is 9.47 Å². The molecular weight excluding hydrogens is 326 g/mol. The molecule has 0 unspecified atom stereocenters. The van der Waals surface area contributed by atoms with E-state index < -0.39 is 10.0 Å². The molecule has 0 N–H and O–H groups in total. The molecule has 128 valence electrons. The zero-order chi connectivity index (χ0) is 17.0. The number of sulfonamides is 1. The number of nitrogens with zero attached hydrogens (tertiary/aromatic N) is 1. The maximum absolute atomic E-state index is 12.8. The van der Waals surface area contributed by atoms with Crippen molar-refractivity contribution < 1.29 is 17.9 Å². The van der Waals surface area contributed by atoms with E-state index in [0.29, 0.717) is 36.9 Å². The van der Waals surface area contributed by atoms with Gasteiger partial charge in [0.25, 0.3) is 0 Å². The molecule has 0 aliphatic carbocycles. The van der Waals surface area contributed by atoms with Crippen molar-refractivity contribution in [3.05, 3.63) is 59.7 Å². The van der Waals surface area contributed by atoms with Crippen LogP contribution in [0, 0.1) is 0 Å². The van der Waals surface area contributed by atoms with Crippen LogP contribution >= 0.6 is 0 Å². The Bertz CT molecular complexity index is 787. The number of hydrogen-bond donors (Lipinski definition) is 0. The lowest BCUT2D eigenvalue weighted by molar-refractivity contribution is 0.146. The van der Waals surface area contributed by atoms with Gasteiger partial charge in [-0.05, 0) is 41.8 Å². The van der Waals surface area contributed by atoms with Crippen molar-refractivity contribution in [1.29, 1.82) is 0 Å². The number of methoxy groups -OCH3 is 1. The molecule has 0 radical (unpaired) electrons. The normalized spacial score (nSPS) is 15.0. The molecular formula is C18H21NO4S. The van der Waals surface area contributed by atoms with Crippen molar-refractivity contribution >= 4 is 10.0 Å². The smallest absolute Gasteiger partial charge is 0.243 e. The van der Waals surface area contributed by atoms with Gasteiger partial charge in [-0.25, -0.2) is 8.42 Å². The molecule has 6 heteroatoms. The summed E-state index contributed by atoms with van der Waals surface area (Å²) in [5.41, 5.74) is 2.30. The fourth-order valence-electron chi connectivity index (χ4n) is 2.77. The van der Waals surface area contributed by atoms with Gasteiger partial charge in [-0.1, -0.05) is 24.3 Å². The van der Waals surface area contributed by atoms with Crippen LogP contribution in [0.2, 0.25) is 0 Å². The van der Waals surface area contributed by atoms with Gasteiger partial charge in [0.05, 0.1) is 11.5 Å². The molecule has 0 spiro atoms. The van der Waals surface area contributed by atoms with E-state index in [2.05, 4.69) is 6.07 Å². The Labute approximate surface area is 142 Å². The summed E-state index contributed by atoms with van der Waals surface area (Å²) in [6.07, 6.45) is 0.744. The number of hydrogen-bond acceptors (Lipinski definition) is 4. The third-order valence-corrected chi connectivity index (χ3v) is 5.97. The molecule has 1 heterocycles. The zero-order valence-corrected chi connectivity index (χ0v) is 14.5. The summed E-state index contributed by atoms with van der Waals surface area (Å²) in [4.78, 5) is 0.293. The van der Waals surface area contributed by atoms with Crippen LogP contribution in [0.4, 0.5) is 0 Å². The molecule has 0 fully saturated rings. The van der Waals surface area contributed by atoms with Gasteiger partial charge in [0, 0.05) is 20.2 Å². The first-order chi connectivity index (χ1) is 11.6. The van der Waals surface area contributed by atoms with Gasteiger partial charge in [0.2, 0.25) is 10.0 Å². The van der Waals surface area contributed by atoms with E-state index in [1.54, 1.807) is 31.4 Å². The summed E-state index contributed by atoms with van der Waals surface area (Å²) in [5.74, 6) is 0.634. The molecule has 0 amide bonds. The maximum Gasteiger partial charge on any atom is 0.243 e. The molecule has 24 heavy (non-hydrogen) atoms. The third-order valence-electron chi connectivity index (χ3n) is 4.11. The Morgan fingerprint density at radius 3 is 2.42 bits per heavy atom. The van der Waals surface area contributed by atoms with E-state index in [9.17, 15) is 8.42 Å². The first-order valence-corrected chi connectivity index (χ1v) is 9.34. The van der Waals surface area contributed by atoms with Crippen LogP contribution in [0.1, 0.15) is 11.1 Å². The standard InChI is InChI=1S/C18H21NO4S/c1-22-12-13-23-17-6-8-18(9-7-17)24(20,21)19-11-10-15-4-2-3-5-16(15)14-19/h2-9H,10-14H2,1H3. The van der Waals surface area contributed by atoms with Crippen molar-refractivity contribution in [3.8, 4) is 5.75 Å². The van der Waals surface area contributed by atoms with Crippen LogP contribution in [-0.2, 0) is 27.7 Å². The molecule has 1 aliphatic rings. The Balaban J connectivity index is 1.74. The van der Waals surface area contributed by atoms with Crippen LogP contribution < -0.4 is 4.74 Å². The van der Waals surface area contributed by atoms with Gasteiger partial charge in [-0.2, -0.15) is 4.31 Å². The van der Waals surface area contributed by atoms with E-state index in [4.69, 9.17) is 9.47 Å². The van der Waals surface area contributed by atoms with Gasteiger partial charge in [0.1, 0.15) is 12.4 Å². The predicted octanol–water partition coefficient (Wildman–Crippen LogP) is 2.46. The Hall–Kier alpha value is -1.89. The lowest BCUT2D eigenvalue weighted by atomic mass is 10.0. The highest BCUT2D eigenvalue weighted by atomic mass is 32.2. The highest BCUT2D eigenvalue weighted by molar-refractivity contribution is 7.89. The molecule has 0 atom stereocenters. The highest BCUT2D eigenvalue weighted by Crippen LogP contribution is 2.25. The molecule has 0 aromatic heterocycles. The monoisotopic (exact) mass is 347 g/mol. The van der Waals surface area contributed by atoms with Crippen LogP contribution in [0.25, 0.3) is 0 Å². The molecule has 5 nitrogen and oxygen atoms in total. The van der Waals surface area contributed by atoms with Gasteiger partial charge in [-0.15, -0.1) is 0 Å². The van der Waals surface area contributed by atoms with E-state index >= 15 is 0 Å². The van der Waals surface area contributed by atoms with Crippen molar-refractivity contribution in [2.75, 3.05) is 26.9 Å². The topological polar surface area (TPSA) is 55.8 Å². The Morgan fingerprint density at radius 2 is 1.71 bits per heavy atom.